The highest BCUT2D eigenvalue weighted by Gasteiger charge is 2.22. The van der Waals surface area contributed by atoms with Gasteiger partial charge in [-0.1, -0.05) is 66.0 Å². The van der Waals surface area contributed by atoms with E-state index in [-0.39, 0.29) is 5.41 Å². The monoisotopic (exact) mass is 218 g/mol. The first-order chi connectivity index (χ1) is 7.50. The lowest BCUT2D eigenvalue weighted by Gasteiger charge is -2.28. The Morgan fingerprint density at radius 3 is 2.06 bits per heavy atom. The molecule has 0 aliphatic heterocycles. The highest BCUT2D eigenvalue weighted by atomic mass is 14.3. The molecule has 1 rings (SSSR count). The molecule has 0 aromatic heterocycles. The maximum absolute atomic E-state index is 3.90. The third-order valence-electron chi connectivity index (χ3n) is 2.66. The van der Waals surface area contributed by atoms with E-state index in [2.05, 4.69) is 40.0 Å². The van der Waals surface area contributed by atoms with Crippen LogP contribution in [0.15, 0.2) is 48.1 Å². The van der Waals surface area contributed by atoms with Crippen LogP contribution < -0.4 is 0 Å². The molecule has 1 aliphatic rings. The summed E-state index contributed by atoms with van der Waals surface area (Å²) < 4.78 is 0. The summed E-state index contributed by atoms with van der Waals surface area (Å²) in [4.78, 5) is 0. The third-order valence-corrected chi connectivity index (χ3v) is 2.66. The van der Waals surface area contributed by atoms with Gasteiger partial charge in [-0.15, -0.1) is 0 Å². The summed E-state index contributed by atoms with van der Waals surface area (Å²) >= 11 is 0. The minimum absolute atomic E-state index is 0.207. The summed E-state index contributed by atoms with van der Waals surface area (Å²) in [7, 11) is 0. The van der Waals surface area contributed by atoms with E-state index >= 15 is 0 Å². The van der Waals surface area contributed by atoms with Crippen molar-refractivity contribution in [3.05, 3.63) is 48.1 Å². The fourth-order valence-electron chi connectivity index (χ4n) is 1.95. The Morgan fingerprint density at radius 2 is 1.69 bits per heavy atom. The fraction of sp³-hybridized carbons (Fsp3) is 0.500. The van der Waals surface area contributed by atoms with E-state index in [1.54, 1.807) is 0 Å². The molecule has 0 aromatic carbocycles. The molecule has 0 heterocycles. The zero-order valence-electron chi connectivity index (χ0n) is 11.6. The van der Waals surface area contributed by atoms with Crippen molar-refractivity contribution in [1.29, 1.82) is 0 Å². The van der Waals surface area contributed by atoms with Crippen molar-refractivity contribution in [3.63, 3.8) is 0 Å². The first-order valence-electron chi connectivity index (χ1n) is 6.19. The Balaban J connectivity index is 0.00000106. The molecule has 0 unspecified atom stereocenters. The van der Waals surface area contributed by atoms with Crippen LogP contribution in [-0.2, 0) is 0 Å². The normalized spacial score (nSPS) is 15.9. The Morgan fingerprint density at radius 1 is 1.12 bits per heavy atom. The van der Waals surface area contributed by atoms with Crippen LogP contribution in [0.2, 0.25) is 0 Å². The number of rotatable bonds is 2. The molecular weight excluding hydrogens is 192 g/mol. The zero-order valence-corrected chi connectivity index (χ0v) is 11.6. The zero-order chi connectivity index (χ0) is 12.8. The molecule has 0 heteroatoms. The second-order valence-corrected chi connectivity index (χ2v) is 4.75. The molecule has 0 N–H and O–H groups in total. The van der Waals surface area contributed by atoms with Gasteiger partial charge in [-0.2, -0.15) is 0 Å². The molecule has 90 valence electrons. The lowest BCUT2D eigenvalue weighted by Crippen LogP contribution is -2.14. The van der Waals surface area contributed by atoms with Crippen LogP contribution in [0.1, 0.15) is 47.5 Å². The fourth-order valence-corrected chi connectivity index (χ4v) is 1.95. The summed E-state index contributed by atoms with van der Waals surface area (Å²) in [6, 6.07) is 0. The van der Waals surface area contributed by atoms with Crippen molar-refractivity contribution >= 4 is 0 Å². The molecule has 0 amide bonds. The topological polar surface area (TPSA) is 0 Å². The molecular formula is C16H26. The number of hydrogen-bond acceptors (Lipinski definition) is 0. The van der Waals surface area contributed by atoms with Crippen LogP contribution in [0, 0.1) is 5.41 Å². The Bertz CT molecular complexity index is 305. The van der Waals surface area contributed by atoms with Crippen LogP contribution in [-0.4, -0.2) is 0 Å². The summed E-state index contributed by atoms with van der Waals surface area (Å²) in [6.45, 7) is 18.5. The lowest BCUT2D eigenvalue weighted by atomic mass is 9.76. The largest absolute Gasteiger partial charge is 0.0988 e. The summed E-state index contributed by atoms with van der Waals surface area (Å²) in [5.74, 6) is 0. The average Bonchev–Trinajstić information content (AvgIpc) is 2.29. The van der Waals surface area contributed by atoms with Gasteiger partial charge in [0.2, 0.25) is 0 Å². The molecule has 0 saturated carbocycles. The minimum Gasteiger partial charge on any atom is -0.0988 e. The maximum Gasteiger partial charge on any atom is -0.0129 e. The molecule has 16 heavy (non-hydrogen) atoms. The van der Waals surface area contributed by atoms with Crippen LogP contribution in [0.3, 0.4) is 0 Å². The molecule has 0 spiro atoms. The van der Waals surface area contributed by atoms with Crippen LogP contribution in [0.4, 0.5) is 0 Å². The second-order valence-electron chi connectivity index (χ2n) is 4.75. The van der Waals surface area contributed by atoms with Crippen molar-refractivity contribution in [2.24, 2.45) is 5.41 Å². The van der Waals surface area contributed by atoms with E-state index in [1.165, 1.54) is 16.7 Å². The molecule has 1 aliphatic carbocycles. The highest BCUT2D eigenvalue weighted by Crippen LogP contribution is 2.37. The molecule has 0 saturated heterocycles. The predicted molar refractivity (Wildman–Crippen MR) is 75.5 cm³/mol. The van der Waals surface area contributed by atoms with Crippen molar-refractivity contribution in [3.8, 4) is 0 Å². The van der Waals surface area contributed by atoms with Gasteiger partial charge >= 0.3 is 0 Å². The first-order valence-corrected chi connectivity index (χ1v) is 6.19. The highest BCUT2D eigenvalue weighted by molar-refractivity contribution is 5.50. The molecule has 0 bridgehead atoms. The van der Waals surface area contributed by atoms with Gasteiger partial charge in [0, 0.05) is 0 Å². The molecule has 0 nitrogen and oxygen atoms in total. The maximum atomic E-state index is 3.90. The van der Waals surface area contributed by atoms with Crippen LogP contribution >= 0.6 is 0 Å². The Kier molecular flexibility index (Phi) is 6.10. The van der Waals surface area contributed by atoms with E-state index in [1.807, 2.05) is 26.0 Å². The predicted octanol–water partition coefficient (Wildman–Crippen LogP) is 5.45. The van der Waals surface area contributed by atoms with Gasteiger partial charge in [0.05, 0.1) is 0 Å². The van der Waals surface area contributed by atoms with Crippen molar-refractivity contribution in [2.45, 2.75) is 47.5 Å². The van der Waals surface area contributed by atoms with Gasteiger partial charge in [0.25, 0.3) is 0 Å². The Labute approximate surface area is 101 Å². The van der Waals surface area contributed by atoms with E-state index in [9.17, 15) is 0 Å². The number of hydrogen-bond donors (Lipinski definition) is 0. The van der Waals surface area contributed by atoms with E-state index in [0.717, 1.165) is 12.8 Å². The van der Waals surface area contributed by atoms with Gasteiger partial charge in [-0.05, 0) is 35.0 Å². The lowest BCUT2D eigenvalue weighted by molar-refractivity contribution is 0.506. The van der Waals surface area contributed by atoms with E-state index < -0.39 is 0 Å². The molecule has 0 radical (unpaired) electrons. The van der Waals surface area contributed by atoms with Crippen molar-refractivity contribution < 1.29 is 0 Å². The van der Waals surface area contributed by atoms with Gasteiger partial charge in [0.1, 0.15) is 0 Å². The number of allylic oxidation sites excluding steroid dienone is 6. The first kappa shape index (κ1) is 15.0. The summed E-state index contributed by atoms with van der Waals surface area (Å²) in [5, 5.41) is 0. The molecule has 0 fully saturated rings. The smallest absolute Gasteiger partial charge is 0.0129 e. The Hall–Kier alpha value is -1.04. The van der Waals surface area contributed by atoms with E-state index in [4.69, 9.17) is 0 Å². The molecule has 0 aromatic rings. The van der Waals surface area contributed by atoms with Gasteiger partial charge < -0.3 is 0 Å². The van der Waals surface area contributed by atoms with E-state index in [0.29, 0.717) is 0 Å². The minimum atomic E-state index is 0.207. The second kappa shape index (κ2) is 6.52. The van der Waals surface area contributed by atoms with Gasteiger partial charge in [0.15, 0.2) is 0 Å². The summed E-state index contributed by atoms with van der Waals surface area (Å²) in [5.41, 5.74) is 4.25. The summed E-state index contributed by atoms with van der Waals surface area (Å²) in [6.07, 6.45) is 8.50. The van der Waals surface area contributed by atoms with Crippen molar-refractivity contribution in [2.75, 3.05) is 0 Å². The SMILES string of the molecule is C=CC1=C(C=C)C(C(C)(C)C)=CCC1.CC. The van der Waals surface area contributed by atoms with Crippen LogP contribution in [0.5, 0.6) is 0 Å². The van der Waals surface area contributed by atoms with Gasteiger partial charge in [-0.25, -0.2) is 0 Å². The average molecular weight is 218 g/mol. The van der Waals surface area contributed by atoms with Crippen LogP contribution in [0.25, 0.3) is 0 Å². The van der Waals surface area contributed by atoms with Gasteiger partial charge in [-0.3, -0.25) is 0 Å². The van der Waals surface area contributed by atoms with Crippen molar-refractivity contribution in [1.82, 2.24) is 0 Å². The standard InChI is InChI=1S/C14H20.C2H6/c1-6-11-9-8-10-13(12(11)7-2)14(3,4)5;1-2/h6-7,10H,1-2,8-9H2,3-5H3;1-2H3. The molecule has 0 atom stereocenters. The quantitative estimate of drug-likeness (QED) is 0.578. The third kappa shape index (κ3) is 3.52.